The molecule has 0 spiro atoms. The topological polar surface area (TPSA) is 94.1 Å². The first-order chi connectivity index (χ1) is 14.1. The van der Waals surface area contributed by atoms with Gasteiger partial charge in [0, 0.05) is 30.7 Å². The molecule has 8 nitrogen and oxygen atoms in total. The summed E-state index contributed by atoms with van der Waals surface area (Å²) in [6, 6.07) is 3.62. The average Bonchev–Trinajstić information content (AvgIpc) is 2.77. The Labute approximate surface area is 167 Å². The molecule has 4 rings (SSSR count). The van der Waals surface area contributed by atoms with Crippen LogP contribution in [0.25, 0.3) is 22.3 Å². The van der Waals surface area contributed by atoms with Crippen LogP contribution in [0.1, 0.15) is 12.8 Å². The summed E-state index contributed by atoms with van der Waals surface area (Å²) in [5, 5.41) is 6.27. The number of hydrogen-bond donors (Lipinski definition) is 2. The van der Waals surface area contributed by atoms with E-state index in [1.54, 1.807) is 31.8 Å². The zero-order valence-corrected chi connectivity index (χ0v) is 16.4. The summed E-state index contributed by atoms with van der Waals surface area (Å²) in [5.41, 5.74) is 1.28. The van der Waals surface area contributed by atoms with Crippen molar-refractivity contribution in [3.63, 3.8) is 0 Å². The van der Waals surface area contributed by atoms with Crippen molar-refractivity contribution in [2.45, 2.75) is 18.5 Å². The van der Waals surface area contributed by atoms with Crippen LogP contribution in [0.5, 0.6) is 11.6 Å². The van der Waals surface area contributed by atoms with E-state index in [-0.39, 0.29) is 6.54 Å². The van der Waals surface area contributed by atoms with Gasteiger partial charge in [0.2, 0.25) is 0 Å². The summed E-state index contributed by atoms with van der Waals surface area (Å²) in [5.74, 6) is 1.37. The summed E-state index contributed by atoms with van der Waals surface area (Å²) in [6.45, 7) is 1.31. The Hall–Kier alpha value is -3.07. The molecule has 0 aromatic carbocycles. The lowest BCUT2D eigenvalue weighted by Crippen LogP contribution is -2.46. The van der Waals surface area contributed by atoms with Crippen molar-refractivity contribution in [1.82, 2.24) is 25.3 Å². The Balaban J connectivity index is 1.71. The highest BCUT2D eigenvalue weighted by atomic mass is 19.1. The maximum atomic E-state index is 15.0. The minimum atomic E-state index is -1.32. The minimum absolute atomic E-state index is 0.145. The lowest BCUT2D eigenvalue weighted by Gasteiger charge is -2.30. The first-order valence-corrected chi connectivity index (χ1v) is 9.45. The third-order valence-electron chi connectivity index (χ3n) is 4.98. The van der Waals surface area contributed by atoms with Crippen molar-refractivity contribution in [1.29, 1.82) is 0 Å². The van der Waals surface area contributed by atoms with Gasteiger partial charge in [-0.15, -0.1) is 0 Å². The molecule has 0 amide bonds. The van der Waals surface area contributed by atoms with Crippen LogP contribution in [0.2, 0.25) is 0 Å². The van der Waals surface area contributed by atoms with Gasteiger partial charge in [-0.1, -0.05) is 0 Å². The summed E-state index contributed by atoms with van der Waals surface area (Å²) < 4.78 is 25.6. The summed E-state index contributed by atoms with van der Waals surface area (Å²) >= 11 is 0. The Kier molecular flexibility index (Phi) is 5.39. The quantitative estimate of drug-likeness (QED) is 0.654. The van der Waals surface area contributed by atoms with Gasteiger partial charge in [-0.05, 0) is 31.5 Å². The zero-order chi connectivity index (χ0) is 20.3. The lowest BCUT2D eigenvalue weighted by molar-refractivity contribution is 0.137. The van der Waals surface area contributed by atoms with Crippen molar-refractivity contribution in [3.8, 4) is 22.9 Å². The Morgan fingerprint density at radius 3 is 2.79 bits per heavy atom. The number of halogens is 1. The van der Waals surface area contributed by atoms with E-state index in [2.05, 4.69) is 30.6 Å². The maximum absolute atomic E-state index is 15.0. The molecule has 2 N–H and O–H groups in total. The Morgan fingerprint density at radius 1 is 1.17 bits per heavy atom. The molecular weight excluding hydrogens is 375 g/mol. The number of fused-ring (bicyclic) bond motifs is 1. The van der Waals surface area contributed by atoms with E-state index in [1.165, 1.54) is 7.11 Å². The Morgan fingerprint density at radius 2 is 2.03 bits per heavy atom. The fourth-order valence-corrected chi connectivity index (χ4v) is 3.44. The number of piperidine rings is 1. The van der Waals surface area contributed by atoms with Gasteiger partial charge in [-0.25, -0.2) is 19.3 Å². The number of pyridine rings is 2. The monoisotopic (exact) mass is 398 g/mol. The molecule has 1 saturated heterocycles. The van der Waals surface area contributed by atoms with Gasteiger partial charge < -0.3 is 20.1 Å². The molecule has 3 aromatic heterocycles. The maximum Gasteiger partial charge on any atom is 0.256 e. The van der Waals surface area contributed by atoms with Crippen LogP contribution in [0.3, 0.4) is 0 Å². The molecule has 9 heteroatoms. The van der Waals surface area contributed by atoms with Crippen molar-refractivity contribution >= 4 is 16.9 Å². The second kappa shape index (κ2) is 8.12. The first kappa shape index (κ1) is 19.3. The molecular formula is C20H23FN6O2. The van der Waals surface area contributed by atoms with Crippen LogP contribution >= 0.6 is 0 Å². The van der Waals surface area contributed by atoms with Crippen molar-refractivity contribution < 1.29 is 13.9 Å². The van der Waals surface area contributed by atoms with Crippen LogP contribution < -0.4 is 20.1 Å². The largest absolute Gasteiger partial charge is 0.491 e. The zero-order valence-electron chi connectivity index (χ0n) is 16.4. The molecule has 1 aliphatic rings. The molecule has 152 valence electrons. The molecule has 4 heterocycles. The number of methoxy groups -OCH3 is 2. The third kappa shape index (κ3) is 4.04. The molecule has 1 atom stereocenters. The molecule has 1 unspecified atom stereocenters. The van der Waals surface area contributed by atoms with Crippen molar-refractivity contribution in [2.75, 3.05) is 39.2 Å². The highest BCUT2D eigenvalue weighted by Crippen LogP contribution is 2.32. The number of aromatic nitrogens is 4. The standard InChI is InChI=1S/C20H23FN6O2/c1-28-16-8-13(10-25-19(16)29-2)14-9-15-17(24-7-6-23-15)18(27-14)26-12-20(21)4-3-5-22-11-20/h6-10,22H,3-5,11-12H2,1-2H3,(H,26,27). The normalized spacial score (nSPS) is 19.1. The van der Waals surface area contributed by atoms with E-state index < -0.39 is 5.67 Å². The highest BCUT2D eigenvalue weighted by molar-refractivity contribution is 5.88. The second-order valence-corrected chi connectivity index (χ2v) is 7.00. The summed E-state index contributed by atoms with van der Waals surface area (Å²) in [7, 11) is 3.08. The van der Waals surface area contributed by atoms with Gasteiger partial charge in [0.1, 0.15) is 11.2 Å². The Bertz CT molecular complexity index is 1010. The van der Waals surface area contributed by atoms with E-state index in [0.29, 0.717) is 47.1 Å². The fourth-order valence-electron chi connectivity index (χ4n) is 3.44. The highest BCUT2D eigenvalue weighted by Gasteiger charge is 2.31. The number of anilines is 1. The van der Waals surface area contributed by atoms with E-state index >= 15 is 4.39 Å². The number of nitrogens with zero attached hydrogens (tertiary/aromatic N) is 4. The molecule has 29 heavy (non-hydrogen) atoms. The predicted octanol–water partition coefficient (Wildman–Crippen LogP) is 2.61. The molecule has 1 fully saturated rings. The van der Waals surface area contributed by atoms with Crippen LogP contribution in [-0.2, 0) is 0 Å². The average molecular weight is 398 g/mol. The van der Waals surface area contributed by atoms with E-state index in [4.69, 9.17) is 9.47 Å². The van der Waals surface area contributed by atoms with Gasteiger partial charge in [0.15, 0.2) is 11.6 Å². The number of rotatable bonds is 6. The number of alkyl halides is 1. The van der Waals surface area contributed by atoms with Gasteiger partial charge >= 0.3 is 0 Å². The molecule has 0 aliphatic carbocycles. The smallest absolute Gasteiger partial charge is 0.256 e. The number of nitrogens with one attached hydrogen (secondary N) is 2. The van der Waals surface area contributed by atoms with Gasteiger partial charge in [-0.3, -0.25) is 4.98 Å². The van der Waals surface area contributed by atoms with Gasteiger partial charge in [-0.2, -0.15) is 0 Å². The molecule has 0 bridgehead atoms. The van der Waals surface area contributed by atoms with E-state index in [9.17, 15) is 0 Å². The van der Waals surface area contributed by atoms with Crippen LogP contribution in [-0.4, -0.2) is 59.5 Å². The summed E-state index contributed by atoms with van der Waals surface area (Å²) in [4.78, 5) is 17.7. The fraction of sp³-hybridized carbons (Fsp3) is 0.400. The molecule has 0 saturated carbocycles. The van der Waals surface area contributed by atoms with Crippen molar-refractivity contribution in [2.24, 2.45) is 0 Å². The number of hydrogen-bond acceptors (Lipinski definition) is 8. The predicted molar refractivity (Wildman–Crippen MR) is 108 cm³/mol. The first-order valence-electron chi connectivity index (χ1n) is 9.45. The SMILES string of the molecule is COc1cc(-c2cc3nccnc3c(NCC3(F)CCCNC3)n2)cnc1OC. The van der Waals surface area contributed by atoms with Crippen LogP contribution in [0, 0.1) is 0 Å². The number of ether oxygens (including phenoxy) is 2. The minimum Gasteiger partial charge on any atom is -0.491 e. The lowest BCUT2D eigenvalue weighted by atomic mass is 9.96. The van der Waals surface area contributed by atoms with Gasteiger partial charge in [0.05, 0.1) is 32.0 Å². The van der Waals surface area contributed by atoms with E-state index in [1.807, 2.05) is 6.07 Å². The van der Waals surface area contributed by atoms with Crippen molar-refractivity contribution in [3.05, 3.63) is 30.7 Å². The van der Waals surface area contributed by atoms with Crippen LogP contribution in [0.15, 0.2) is 30.7 Å². The summed E-state index contributed by atoms with van der Waals surface area (Å²) in [6.07, 6.45) is 6.18. The van der Waals surface area contributed by atoms with Gasteiger partial charge in [0.25, 0.3) is 5.88 Å². The molecule has 0 radical (unpaired) electrons. The second-order valence-electron chi connectivity index (χ2n) is 7.00. The van der Waals surface area contributed by atoms with E-state index in [0.717, 1.165) is 18.5 Å². The molecule has 3 aromatic rings. The van der Waals surface area contributed by atoms with Crippen LogP contribution in [0.4, 0.5) is 10.2 Å². The molecule has 1 aliphatic heterocycles. The third-order valence-corrected chi connectivity index (χ3v) is 4.98.